The van der Waals surface area contributed by atoms with Crippen molar-refractivity contribution in [2.45, 2.75) is 0 Å². The highest BCUT2D eigenvalue weighted by Gasteiger charge is 2.16. The van der Waals surface area contributed by atoms with Crippen LogP contribution in [0.2, 0.25) is 0 Å². The summed E-state index contributed by atoms with van der Waals surface area (Å²) in [4.78, 5) is 2.16. The lowest BCUT2D eigenvalue weighted by molar-refractivity contribution is 0.364. The summed E-state index contributed by atoms with van der Waals surface area (Å²) in [5, 5.41) is 5.47. The molecule has 56 valence electrons. The summed E-state index contributed by atoms with van der Waals surface area (Å²) in [6, 6.07) is 0. The minimum atomic E-state index is -2.17. The summed E-state index contributed by atoms with van der Waals surface area (Å²) in [7, 11) is -0.139. The highest BCUT2D eigenvalue weighted by Crippen LogP contribution is 2.02. The fourth-order valence-corrected chi connectivity index (χ4v) is 2.49. The normalized spacial score (nSPS) is 31.8. The van der Waals surface area contributed by atoms with Crippen molar-refractivity contribution in [3.63, 3.8) is 0 Å². The van der Waals surface area contributed by atoms with Crippen molar-refractivity contribution in [1.29, 1.82) is 0 Å². The highest BCUT2D eigenvalue weighted by atomic mass is 32.3. The molecule has 0 radical (unpaired) electrons. The molecule has 0 amide bonds. The zero-order valence-corrected chi connectivity index (χ0v) is 6.60. The standard InChI is InChI=1S/C5H14N2OS/c1-7-2-4-9(6,8)5-3-7/h9H,2-5H2,1H3,(H2,6,8). The van der Waals surface area contributed by atoms with Gasteiger partial charge in [0, 0.05) is 24.6 Å². The minimum absolute atomic E-state index is 0.698. The van der Waals surface area contributed by atoms with E-state index in [-0.39, 0.29) is 0 Å². The fraction of sp³-hybridized carbons (Fsp3) is 1.00. The average molecular weight is 150 g/mol. The van der Waals surface area contributed by atoms with E-state index in [2.05, 4.69) is 4.90 Å². The first kappa shape index (κ1) is 7.18. The molecule has 3 nitrogen and oxygen atoms in total. The second kappa shape index (κ2) is 2.36. The molecular formula is C5H14N2OS. The van der Waals surface area contributed by atoms with Crippen LogP contribution in [0.15, 0.2) is 0 Å². The number of hydrogen-bond donors (Lipinski definition) is 2. The second-order valence-corrected chi connectivity index (χ2v) is 5.50. The molecule has 1 aliphatic rings. The zero-order chi connectivity index (χ0) is 6.91. The van der Waals surface area contributed by atoms with Crippen LogP contribution in [-0.4, -0.2) is 40.8 Å². The molecule has 0 saturated carbocycles. The summed E-state index contributed by atoms with van der Waals surface area (Å²) < 4.78 is 11.1. The Morgan fingerprint density at radius 1 is 1.44 bits per heavy atom. The molecule has 0 spiro atoms. The van der Waals surface area contributed by atoms with Crippen LogP contribution in [0, 0.1) is 0 Å². The summed E-state index contributed by atoms with van der Waals surface area (Å²) in [6.07, 6.45) is 0. The zero-order valence-electron chi connectivity index (χ0n) is 5.71. The number of rotatable bonds is 0. The summed E-state index contributed by atoms with van der Waals surface area (Å²) in [5.74, 6) is 1.40. The van der Waals surface area contributed by atoms with Crippen molar-refractivity contribution in [2.75, 3.05) is 31.6 Å². The Morgan fingerprint density at radius 2 is 1.89 bits per heavy atom. The molecule has 2 N–H and O–H groups in total. The highest BCUT2D eigenvalue weighted by molar-refractivity contribution is 8.01. The van der Waals surface area contributed by atoms with Crippen molar-refractivity contribution in [3.05, 3.63) is 0 Å². The molecule has 1 aliphatic heterocycles. The van der Waals surface area contributed by atoms with Gasteiger partial charge in [0.2, 0.25) is 0 Å². The van der Waals surface area contributed by atoms with Gasteiger partial charge in [-0.25, -0.2) is 0 Å². The predicted octanol–water partition coefficient (Wildman–Crippen LogP) is -1.18. The van der Waals surface area contributed by atoms with Gasteiger partial charge in [-0.2, -0.15) is 0 Å². The van der Waals surface area contributed by atoms with E-state index in [1.165, 1.54) is 0 Å². The van der Waals surface area contributed by atoms with Gasteiger partial charge in [0.05, 0.1) is 0 Å². The number of thiol groups is 1. The van der Waals surface area contributed by atoms with Crippen LogP contribution in [0.3, 0.4) is 0 Å². The van der Waals surface area contributed by atoms with Gasteiger partial charge < -0.3 is 4.90 Å². The van der Waals surface area contributed by atoms with E-state index >= 15 is 0 Å². The molecule has 1 heterocycles. The van der Waals surface area contributed by atoms with E-state index in [0.717, 1.165) is 13.1 Å². The van der Waals surface area contributed by atoms with Crippen molar-refractivity contribution >= 4 is 10.1 Å². The van der Waals surface area contributed by atoms with Crippen LogP contribution in [0.1, 0.15) is 0 Å². The van der Waals surface area contributed by atoms with Gasteiger partial charge in [-0.3, -0.25) is 9.35 Å². The van der Waals surface area contributed by atoms with Crippen LogP contribution in [0.25, 0.3) is 0 Å². The lowest BCUT2D eigenvalue weighted by Crippen LogP contribution is -2.45. The Bertz CT molecular complexity index is 136. The molecule has 0 aromatic carbocycles. The molecule has 1 rings (SSSR count). The molecule has 0 aliphatic carbocycles. The topological polar surface area (TPSA) is 46.3 Å². The number of nitrogens with zero attached hydrogens (tertiary/aromatic N) is 1. The smallest absolute Gasteiger partial charge is 0.0254 e. The summed E-state index contributed by atoms with van der Waals surface area (Å²) in [5.41, 5.74) is 0. The average Bonchev–Trinajstić information content (AvgIpc) is 1.78. The Morgan fingerprint density at radius 3 is 2.22 bits per heavy atom. The van der Waals surface area contributed by atoms with Gasteiger partial charge >= 0.3 is 0 Å². The van der Waals surface area contributed by atoms with Gasteiger partial charge in [0.15, 0.2) is 0 Å². The molecule has 0 aromatic rings. The van der Waals surface area contributed by atoms with E-state index in [1.807, 2.05) is 7.05 Å². The molecule has 1 fully saturated rings. The molecule has 0 bridgehead atoms. The van der Waals surface area contributed by atoms with Crippen LogP contribution in [0.4, 0.5) is 0 Å². The second-order valence-electron chi connectivity index (χ2n) is 2.70. The SMILES string of the molecule is CN1CC[SH](N)(=O)CC1. The van der Waals surface area contributed by atoms with Crippen LogP contribution in [0.5, 0.6) is 0 Å². The first-order valence-corrected chi connectivity index (χ1v) is 5.30. The van der Waals surface area contributed by atoms with E-state index in [1.54, 1.807) is 0 Å². The summed E-state index contributed by atoms with van der Waals surface area (Å²) >= 11 is 0. The monoisotopic (exact) mass is 150 g/mol. The van der Waals surface area contributed by atoms with E-state index in [0.29, 0.717) is 11.5 Å². The fourth-order valence-electron chi connectivity index (χ4n) is 0.904. The minimum Gasteiger partial charge on any atom is -0.305 e. The molecule has 1 saturated heterocycles. The maximum Gasteiger partial charge on any atom is 0.0254 e. The molecule has 0 aromatic heterocycles. The first-order valence-electron chi connectivity index (χ1n) is 3.15. The van der Waals surface area contributed by atoms with Gasteiger partial charge in [-0.15, -0.1) is 0 Å². The third kappa shape index (κ3) is 2.04. The van der Waals surface area contributed by atoms with Crippen molar-refractivity contribution in [3.8, 4) is 0 Å². The van der Waals surface area contributed by atoms with Gasteiger partial charge in [0.25, 0.3) is 0 Å². The molecule has 0 unspecified atom stereocenters. The molecular weight excluding hydrogens is 136 g/mol. The Balaban J connectivity index is 2.44. The van der Waals surface area contributed by atoms with Crippen molar-refractivity contribution < 1.29 is 4.21 Å². The van der Waals surface area contributed by atoms with Crippen LogP contribution in [-0.2, 0) is 10.1 Å². The maximum absolute atomic E-state index is 11.1. The Hall–Kier alpha value is 0.0700. The largest absolute Gasteiger partial charge is 0.305 e. The molecule has 4 heteroatoms. The number of hydrogen-bond acceptors (Lipinski definition) is 2. The van der Waals surface area contributed by atoms with Crippen molar-refractivity contribution in [1.82, 2.24) is 4.90 Å². The van der Waals surface area contributed by atoms with Crippen LogP contribution < -0.4 is 5.14 Å². The molecule has 9 heavy (non-hydrogen) atoms. The van der Waals surface area contributed by atoms with Gasteiger partial charge in [-0.05, 0) is 7.05 Å². The molecule has 0 atom stereocenters. The van der Waals surface area contributed by atoms with Crippen molar-refractivity contribution in [2.24, 2.45) is 5.14 Å². The third-order valence-corrected chi connectivity index (χ3v) is 3.63. The predicted molar refractivity (Wildman–Crippen MR) is 41.0 cm³/mol. The van der Waals surface area contributed by atoms with E-state index < -0.39 is 10.1 Å². The Labute approximate surface area is 56.8 Å². The Kier molecular flexibility index (Phi) is 1.88. The first-order chi connectivity index (χ1) is 4.10. The number of nitrogens with two attached hydrogens (primary N) is 1. The van der Waals surface area contributed by atoms with Crippen LogP contribution >= 0.6 is 0 Å². The summed E-state index contributed by atoms with van der Waals surface area (Å²) in [6.45, 7) is 1.79. The van der Waals surface area contributed by atoms with Gasteiger partial charge in [0.1, 0.15) is 0 Å². The lowest BCUT2D eigenvalue weighted by Gasteiger charge is -2.29. The maximum atomic E-state index is 11.1. The third-order valence-electron chi connectivity index (χ3n) is 1.72. The van der Waals surface area contributed by atoms with Gasteiger partial charge in [-0.1, -0.05) is 10.1 Å². The van der Waals surface area contributed by atoms with E-state index in [9.17, 15) is 4.21 Å². The van der Waals surface area contributed by atoms with E-state index in [4.69, 9.17) is 5.14 Å². The quantitative estimate of drug-likeness (QED) is 0.427. The lowest BCUT2D eigenvalue weighted by atomic mass is 10.6.